The molecule has 0 fully saturated rings. The zero-order valence-corrected chi connectivity index (χ0v) is 14.9. The summed E-state index contributed by atoms with van der Waals surface area (Å²) in [5.41, 5.74) is 0.902. The standard InChI is InChI=1S/C18H22N6O/c1-5-24(4)17(25)18(2,3)23-14-8-10-20-16(22-14)13-11-21-15-12(13)7-6-9-19-15/h6-11H,5H2,1-4H3,(H,19,21)(H,20,22,23). The van der Waals surface area contributed by atoms with E-state index in [1.807, 2.05) is 39.1 Å². The molecular formula is C18H22N6O. The lowest BCUT2D eigenvalue weighted by molar-refractivity contribution is -0.133. The van der Waals surface area contributed by atoms with E-state index < -0.39 is 5.54 Å². The summed E-state index contributed by atoms with van der Waals surface area (Å²) in [5, 5.41) is 4.17. The van der Waals surface area contributed by atoms with Crippen LogP contribution in [0.1, 0.15) is 20.8 Å². The summed E-state index contributed by atoms with van der Waals surface area (Å²) < 4.78 is 0. The van der Waals surface area contributed by atoms with E-state index in [2.05, 4.69) is 25.3 Å². The summed E-state index contributed by atoms with van der Waals surface area (Å²) in [7, 11) is 1.79. The van der Waals surface area contributed by atoms with Gasteiger partial charge in [-0.05, 0) is 39.0 Å². The number of likely N-dealkylation sites (N-methyl/N-ethyl adjacent to an activating group) is 1. The Hall–Kier alpha value is -2.96. The van der Waals surface area contributed by atoms with Crippen molar-refractivity contribution in [1.29, 1.82) is 0 Å². The SMILES string of the molecule is CCN(C)C(=O)C(C)(C)Nc1ccnc(-c2c[nH]c3ncccc23)n1. The predicted molar refractivity (Wildman–Crippen MR) is 98.1 cm³/mol. The highest BCUT2D eigenvalue weighted by atomic mass is 16.2. The van der Waals surface area contributed by atoms with E-state index in [9.17, 15) is 4.79 Å². The lowest BCUT2D eigenvalue weighted by Crippen LogP contribution is -2.48. The van der Waals surface area contributed by atoms with Crippen molar-refractivity contribution in [2.45, 2.75) is 26.3 Å². The molecule has 0 spiro atoms. The molecule has 0 radical (unpaired) electrons. The number of hydrogen-bond acceptors (Lipinski definition) is 5. The van der Waals surface area contributed by atoms with Gasteiger partial charge in [0.1, 0.15) is 17.0 Å². The van der Waals surface area contributed by atoms with Crippen LogP contribution >= 0.6 is 0 Å². The van der Waals surface area contributed by atoms with Crippen molar-refractivity contribution in [3.63, 3.8) is 0 Å². The maximum atomic E-state index is 12.5. The van der Waals surface area contributed by atoms with Gasteiger partial charge in [0, 0.05) is 43.1 Å². The van der Waals surface area contributed by atoms with Crippen LogP contribution in [-0.2, 0) is 4.79 Å². The fourth-order valence-corrected chi connectivity index (χ4v) is 2.69. The molecule has 3 heterocycles. The molecule has 0 saturated heterocycles. The fourth-order valence-electron chi connectivity index (χ4n) is 2.69. The first-order valence-corrected chi connectivity index (χ1v) is 8.21. The Morgan fingerprint density at radius 2 is 2.08 bits per heavy atom. The Balaban J connectivity index is 1.91. The lowest BCUT2D eigenvalue weighted by atomic mass is 10.0. The summed E-state index contributed by atoms with van der Waals surface area (Å²) >= 11 is 0. The van der Waals surface area contributed by atoms with Crippen LogP contribution < -0.4 is 5.32 Å². The van der Waals surface area contributed by atoms with E-state index in [0.29, 0.717) is 18.2 Å². The molecule has 0 aliphatic carbocycles. The van der Waals surface area contributed by atoms with E-state index in [1.54, 1.807) is 30.4 Å². The molecule has 0 aliphatic rings. The molecule has 1 amide bonds. The normalized spacial score (nSPS) is 11.5. The van der Waals surface area contributed by atoms with Crippen molar-refractivity contribution in [3.8, 4) is 11.4 Å². The number of pyridine rings is 1. The van der Waals surface area contributed by atoms with Gasteiger partial charge in [0.15, 0.2) is 5.82 Å². The average molecular weight is 338 g/mol. The highest BCUT2D eigenvalue weighted by molar-refractivity contribution is 5.92. The molecule has 0 unspecified atom stereocenters. The minimum Gasteiger partial charge on any atom is -0.356 e. The van der Waals surface area contributed by atoms with Gasteiger partial charge in [-0.2, -0.15) is 0 Å². The number of carbonyl (C=O) groups excluding carboxylic acids is 1. The molecule has 7 nitrogen and oxygen atoms in total. The molecule has 7 heteroatoms. The number of amides is 1. The highest BCUT2D eigenvalue weighted by Gasteiger charge is 2.30. The third-order valence-corrected chi connectivity index (χ3v) is 4.14. The van der Waals surface area contributed by atoms with Crippen molar-refractivity contribution in [2.24, 2.45) is 0 Å². The summed E-state index contributed by atoms with van der Waals surface area (Å²) in [4.78, 5) is 30.5. The number of nitrogens with one attached hydrogen (secondary N) is 2. The van der Waals surface area contributed by atoms with E-state index >= 15 is 0 Å². The highest BCUT2D eigenvalue weighted by Crippen LogP contribution is 2.25. The van der Waals surface area contributed by atoms with Crippen molar-refractivity contribution in [3.05, 3.63) is 36.8 Å². The van der Waals surface area contributed by atoms with Crippen LogP contribution in [0.25, 0.3) is 22.4 Å². The number of aromatic nitrogens is 4. The van der Waals surface area contributed by atoms with Crippen molar-refractivity contribution in [2.75, 3.05) is 18.9 Å². The maximum absolute atomic E-state index is 12.5. The quantitative estimate of drug-likeness (QED) is 0.747. The summed E-state index contributed by atoms with van der Waals surface area (Å²) in [5.74, 6) is 1.19. The summed E-state index contributed by atoms with van der Waals surface area (Å²) in [6.07, 6.45) is 5.27. The third-order valence-electron chi connectivity index (χ3n) is 4.14. The fraction of sp³-hybridized carbons (Fsp3) is 0.333. The molecule has 3 aromatic rings. The number of carbonyl (C=O) groups is 1. The molecule has 25 heavy (non-hydrogen) atoms. The molecule has 0 bridgehead atoms. The van der Waals surface area contributed by atoms with E-state index in [1.165, 1.54) is 0 Å². The van der Waals surface area contributed by atoms with Crippen LogP contribution in [-0.4, -0.2) is 49.9 Å². The lowest BCUT2D eigenvalue weighted by Gasteiger charge is -2.30. The van der Waals surface area contributed by atoms with Gasteiger partial charge in [-0.15, -0.1) is 0 Å². The average Bonchev–Trinajstić information content (AvgIpc) is 3.04. The summed E-state index contributed by atoms with van der Waals surface area (Å²) in [6, 6.07) is 5.61. The number of anilines is 1. The monoisotopic (exact) mass is 338 g/mol. The first kappa shape index (κ1) is 16.9. The molecule has 0 atom stereocenters. The van der Waals surface area contributed by atoms with Gasteiger partial charge in [-0.3, -0.25) is 4.79 Å². The number of nitrogens with zero attached hydrogens (tertiary/aromatic N) is 4. The van der Waals surface area contributed by atoms with E-state index in [0.717, 1.165) is 16.6 Å². The van der Waals surface area contributed by atoms with Gasteiger partial charge >= 0.3 is 0 Å². The van der Waals surface area contributed by atoms with Gasteiger partial charge in [-0.1, -0.05) is 0 Å². The molecule has 3 aromatic heterocycles. The number of hydrogen-bond donors (Lipinski definition) is 2. The Morgan fingerprint density at radius 1 is 1.28 bits per heavy atom. The minimum absolute atomic E-state index is 0.00598. The predicted octanol–water partition coefficient (Wildman–Crippen LogP) is 2.69. The zero-order chi connectivity index (χ0) is 18.0. The van der Waals surface area contributed by atoms with Crippen LogP contribution in [0.3, 0.4) is 0 Å². The first-order chi connectivity index (χ1) is 11.9. The Kier molecular flexibility index (Phi) is 4.39. The van der Waals surface area contributed by atoms with Crippen LogP contribution in [0.2, 0.25) is 0 Å². The van der Waals surface area contributed by atoms with Gasteiger partial charge in [0.2, 0.25) is 5.91 Å². The maximum Gasteiger partial charge on any atom is 0.247 e. The van der Waals surface area contributed by atoms with Gasteiger partial charge < -0.3 is 15.2 Å². The molecule has 2 N–H and O–H groups in total. The third kappa shape index (κ3) is 3.31. The second-order valence-electron chi connectivity index (χ2n) is 6.44. The second-order valence-corrected chi connectivity index (χ2v) is 6.44. The number of aromatic amines is 1. The van der Waals surface area contributed by atoms with Crippen LogP contribution in [0.15, 0.2) is 36.8 Å². The first-order valence-electron chi connectivity index (χ1n) is 8.21. The Morgan fingerprint density at radius 3 is 2.84 bits per heavy atom. The molecule has 0 aromatic carbocycles. The molecule has 130 valence electrons. The molecular weight excluding hydrogens is 316 g/mol. The van der Waals surface area contributed by atoms with Gasteiger partial charge in [-0.25, -0.2) is 15.0 Å². The smallest absolute Gasteiger partial charge is 0.247 e. The van der Waals surface area contributed by atoms with Crippen molar-refractivity contribution in [1.82, 2.24) is 24.8 Å². The Bertz CT molecular complexity index is 901. The number of H-pyrrole nitrogens is 1. The molecule has 3 rings (SSSR count). The zero-order valence-electron chi connectivity index (χ0n) is 14.9. The van der Waals surface area contributed by atoms with Crippen molar-refractivity contribution >= 4 is 22.8 Å². The van der Waals surface area contributed by atoms with Gasteiger partial charge in [0.05, 0.1) is 0 Å². The minimum atomic E-state index is -0.766. The van der Waals surface area contributed by atoms with Crippen LogP contribution in [0, 0.1) is 0 Å². The summed E-state index contributed by atoms with van der Waals surface area (Å²) in [6.45, 7) is 6.29. The number of fused-ring (bicyclic) bond motifs is 1. The van der Waals surface area contributed by atoms with Crippen LogP contribution in [0.5, 0.6) is 0 Å². The van der Waals surface area contributed by atoms with E-state index in [-0.39, 0.29) is 5.91 Å². The van der Waals surface area contributed by atoms with E-state index in [4.69, 9.17) is 0 Å². The van der Waals surface area contributed by atoms with Crippen LogP contribution in [0.4, 0.5) is 5.82 Å². The molecule has 0 aliphatic heterocycles. The Labute approximate surface area is 146 Å². The molecule has 0 saturated carbocycles. The second kappa shape index (κ2) is 6.51. The van der Waals surface area contributed by atoms with Crippen molar-refractivity contribution < 1.29 is 4.79 Å². The number of rotatable bonds is 5. The topological polar surface area (TPSA) is 86.8 Å². The van der Waals surface area contributed by atoms with Gasteiger partial charge in [0.25, 0.3) is 0 Å². The largest absolute Gasteiger partial charge is 0.356 e.